The molecule has 2 heterocycles. The van der Waals surface area contributed by atoms with E-state index in [1.54, 1.807) is 24.3 Å². The average Bonchev–Trinajstić information content (AvgIpc) is 2.81. The fourth-order valence-corrected chi connectivity index (χ4v) is 3.64. The van der Waals surface area contributed by atoms with E-state index in [1.807, 2.05) is 4.90 Å². The summed E-state index contributed by atoms with van der Waals surface area (Å²) in [6.45, 7) is 2.83. The van der Waals surface area contributed by atoms with Gasteiger partial charge in [-0.2, -0.15) is 0 Å². The molecule has 1 aliphatic carbocycles. The maximum Gasteiger partial charge on any atom is 0.317 e. The molecule has 2 aliphatic rings. The first-order valence-corrected chi connectivity index (χ1v) is 10.7. The lowest BCUT2D eigenvalue weighted by Gasteiger charge is -2.30. The van der Waals surface area contributed by atoms with Gasteiger partial charge in [-0.25, -0.2) is 9.18 Å². The van der Waals surface area contributed by atoms with Gasteiger partial charge in [-0.3, -0.25) is 9.78 Å². The van der Waals surface area contributed by atoms with Crippen LogP contribution in [0.25, 0.3) is 11.3 Å². The molecular formula is C23H29FN4O3. The summed E-state index contributed by atoms with van der Waals surface area (Å²) >= 11 is 0. The van der Waals surface area contributed by atoms with Gasteiger partial charge in [0, 0.05) is 30.9 Å². The monoisotopic (exact) mass is 428 g/mol. The van der Waals surface area contributed by atoms with Crippen LogP contribution >= 0.6 is 0 Å². The lowest BCUT2D eigenvalue weighted by Crippen LogP contribution is -2.49. The topological polar surface area (TPSA) is 97.6 Å². The van der Waals surface area contributed by atoms with Crippen LogP contribution in [0.4, 0.5) is 9.18 Å². The van der Waals surface area contributed by atoms with Crippen molar-refractivity contribution in [2.45, 2.75) is 38.1 Å². The van der Waals surface area contributed by atoms with Crippen LogP contribution in [0.2, 0.25) is 0 Å². The van der Waals surface area contributed by atoms with Crippen LogP contribution in [0.15, 0.2) is 42.6 Å². The molecule has 1 aliphatic heterocycles. The van der Waals surface area contributed by atoms with Gasteiger partial charge in [-0.15, -0.1) is 0 Å². The first-order valence-electron chi connectivity index (χ1n) is 10.7. The molecule has 0 atom stereocenters. The smallest absolute Gasteiger partial charge is 0.317 e. The molecule has 0 radical (unpaired) electrons. The van der Waals surface area contributed by atoms with Gasteiger partial charge in [0.2, 0.25) is 5.91 Å². The number of urea groups is 1. The predicted molar refractivity (Wildman–Crippen MR) is 116 cm³/mol. The van der Waals surface area contributed by atoms with Crippen LogP contribution < -0.4 is 11.1 Å². The average molecular weight is 429 g/mol. The Morgan fingerprint density at radius 1 is 1.10 bits per heavy atom. The highest BCUT2D eigenvalue weighted by Gasteiger charge is 2.21. The molecule has 7 nitrogen and oxygen atoms in total. The minimum Gasteiger partial charge on any atom is -0.378 e. The van der Waals surface area contributed by atoms with Gasteiger partial charge in [0.15, 0.2) is 0 Å². The van der Waals surface area contributed by atoms with Crippen molar-refractivity contribution >= 4 is 11.9 Å². The number of rotatable bonds is 3. The second kappa shape index (κ2) is 11.4. The van der Waals surface area contributed by atoms with Gasteiger partial charge >= 0.3 is 6.03 Å². The maximum absolute atomic E-state index is 13.0. The zero-order valence-corrected chi connectivity index (χ0v) is 17.6. The minimum absolute atomic E-state index is 0.102. The summed E-state index contributed by atoms with van der Waals surface area (Å²) in [6, 6.07) is 9.81. The number of halogens is 1. The molecule has 1 aromatic heterocycles. The van der Waals surface area contributed by atoms with Crippen LogP contribution in [-0.4, -0.2) is 54.2 Å². The molecular weight excluding hydrogens is 399 g/mol. The largest absolute Gasteiger partial charge is 0.378 e. The van der Waals surface area contributed by atoms with Gasteiger partial charge in [0.25, 0.3) is 0 Å². The summed E-state index contributed by atoms with van der Waals surface area (Å²) < 4.78 is 18.2. The molecule has 31 heavy (non-hydrogen) atoms. The molecule has 1 saturated heterocycles. The Kier molecular flexibility index (Phi) is 8.35. The fourth-order valence-electron chi connectivity index (χ4n) is 3.64. The number of nitrogens with two attached hydrogens (primary N) is 1. The Morgan fingerprint density at radius 3 is 2.45 bits per heavy atom. The molecule has 166 valence electrons. The zero-order chi connectivity index (χ0) is 22.1. The quantitative estimate of drug-likeness (QED) is 0.783. The normalized spacial score (nSPS) is 16.7. The second-order valence-corrected chi connectivity index (χ2v) is 7.69. The van der Waals surface area contributed by atoms with Crippen molar-refractivity contribution in [1.82, 2.24) is 15.2 Å². The Bertz CT molecular complexity index is 863. The number of carbonyl (C=O) groups excluding carboxylic acids is 2. The van der Waals surface area contributed by atoms with Crippen LogP contribution in [0.3, 0.4) is 0 Å². The number of ether oxygens (including phenoxy) is 1. The number of hydrogen-bond acceptors (Lipinski definition) is 4. The van der Waals surface area contributed by atoms with E-state index in [9.17, 15) is 14.0 Å². The van der Waals surface area contributed by atoms with E-state index in [0.29, 0.717) is 36.1 Å². The molecule has 3 N–H and O–H groups in total. The fraction of sp³-hybridized carbons (Fsp3) is 0.435. The number of benzene rings is 1. The first kappa shape index (κ1) is 22.7. The van der Waals surface area contributed by atoms with Crippen molar-refractivity contribution in [3.63, 3.8) is 0 Å². The SMILES string of the molecule is NC(=O)c1ccc(-c2cccc(F)c2)nc1.O=C(NC1CCCCC1)N1CCOCC1. The number of amides is 3. The van der Waals surface area contributed by atoms with Crippen LogP contribution in [0, 0.1) is 5.82 Å². The van der Waals surface area contributed by atoms with Crippen molar-refractivity contribution < 1.29 is 18.7 Å². The summed E-state index contributed by atoms with van der Waals surface area (Å²) in [4.78, 5) is 28.6. The molecule has 1 saturated carbocycles. The molecule has 0 unspecified atom stereocenters. The van der Waals surface area contributed by atoms with E-state index in [1.165, 1.54) is 37.6 Å². The van der Waals surface area contributed by atoms with Crippen LogP contribution in [0.5, 0.6) is 0 Å². The van der Waals surface area contributed by atoms with Crippen molar-refractivity contribution in [3.8, 4) is 11.3 Å². The molecule has 2 aromatic rings. The van der Waals surface area contributed by atoms with E-state index in [2.05, 4.69) is 10.3 Å². The highest BCUT2D eigenvalue weighted by atomic mass is 19.1. The number of carbonyl (C=O) groups is 2. The van der Waals surface area contributed by atoms with Crippen LogP contribution in [-0.2, 0) is 4.74 Å². The van der Waals surface area contributed by atoms with Gasteiger partial charge < -0.3 is 20.7 Å². The number of hydrogen-bond donors (Lipinski definition) is 2. The predicted octanol–water partition coefficient (Wildman–Crippen LogP) is 3.35. The third-order valence-electron chi connectivity index (χ3n) is 5.40. The van der Waals surface area contributed by atoms with Gasteiger partial charge in [-0.05, 0) is 37.1 Å². The highest BCUT2D eigenvalue weighted by molar-refractivity contribution is 5.92. The molecule has 4 rings (SSSR count). The number of pyridine rings is 1. The van der Waals surface area contributed by atoms with Crippen molar-refractivity contribution in [2.24, 2.45) is 5.73 Å². The van der Waals surface area contributed by atoms with Crippen molar-refractivity contribution in [3.05, 3.63) is 54.0 Å². The molecule has 0 bridgehead atoms. The van der Waals surface area contributed by atoms with Crippen molar-refractivity contribution in [1.29, 1.82) is 0 Å². The van der Waals surface area contributed by atoms with E-state index in [0.717, 1.165) is 25.9 Å². The number of nitrogens with one attached hydrogen (secondary N) is 1. The Labute approximate surface area is 181 Å². The second-order valence-electron chi connectivity index (χ2n) is 7.69. The number of primary amides is 1. The Balaban J connectivity index is 0.000000176. The molecule has 2 fully saturated rings. The third-order valence-corrected chi connectivity index (χ3v) is 5.40. The van der Waals surface area contributed by atoms with E-state index in [-0.39, 0.29) is 11.8 Å². The molecule has 3 amide bonds. The standard InChI is InChI=1S/C12H9FN2O.C11H20N2O2/c13-10-3-1-2-8(6-10)11-5-4-9(7-15-11)12(14)16;14-11(13-6-8-15-9-7-13)12-10-4-2-1-3-5-10/h1-7H,(H2,14,16);10H,1-9H2,(H,12,14). The Morgan fingerprint density at radius 2 is 1.84 bits per heavy atom. The van der Waals surface area contributed by atoms with E-state index < -0.39 is 5.91 Å². The number of aromatic nitrogens is 1. The summed E-state index contributed by atoms with van der Waals surface area (Å²) in [5.41, 5.74) is 6.69. The van der Waals surface area contributed by atoms with Gasteiger partial charge in [0.1, 0.15) is 5.82 Å². The summed E-state index contributed by atoms with van der Waals surface area (Å²) in [6.07, 6.45) is 7.51. The zero-order valence-electron chi connectivity index (χ0n) is 17.6. The summed E-state index contributed by atoms with van der Waals surface area (Å²) in [5.74, 6) is -0.850. The number of morpholine rings is 1. The summed E-state index contributed by atoms with van der Waals surface area (Å²) in [7, 11) is 0. The lowest BCUT2D eigenvalue weighted by atomic mass is 9.96. The van der Waals surface area contributed by atoms with Gasteiger partial charge in [-0.1, -0.05) is 31.4 Å². The highest BCUT2D eigenvalue weighted by Crippen LogP contribution is 2.18. The minimum atomic E-state index is -0.529. The lowest BCUT2D eigenvalue weighted by molar-refractivity contribution is 0.0521. The van der Waals surface area contributed by atoms with Crippen LogP contribution in [0.1, 0.15) is 42.5 Å². The van der Waals surface area contributed by atoms with Gasteiger partial charge in [0.05, 0.1) is 24.5 Å². The molecule has 8 heteroatoms. The molecule has 0 spiro atoms. The van der Waals surface area contributed by atoms with Crippen molar-refractivity contribution in [2.75, 3.05) is 26.3 Å². The summed E-state index contributed by atoms with van der Waals surface area (Å²) in [5, 5.41) is 3.12. The Hall–Kier alpha value is -3.00. The van der Waals surface area contributed by atoms with E-state index >= 15 is 0 Å². The van der Waals surface area contributed by atoms with E-state index in [4.69, 9.17) is 10.5 Å². The maximum atomic E-state index is 13.0. The molecule has 1 aromatic carbocycles. The number of nitrogens with zero attached hydrogens (tertiary/aromatic N) is 2. The first-order chi connectivity index (χ1) is 15.0. The third kappa shape index (κ3) is 7.03.